The van der Waals surface area contributed by atoms with E-state index in [1.807, 2.05) is 18.2 Å². The molecule has 0 amide bonds. The Morgan fingerprint density at radius 1 is 1.36 bits per heavy atom. The smallest absolute Gasteiger partial charge is 0.0294 e. The first-order valence-corrected chi connectivity index (χ1v) is 5.65. The quantitative estimate of drug-likeness (QED) is 0.627. The fraction of sp³-hybridized carbons (Fsp3) is 0.333. The van der Waals surface area contributed by atoms with E-state index < -0.39 is 0 Å². The monoisotopic (exact) mass is 253 g/mol. The zero-order valence-electron chi connectivity index (χ0n) is 8.25. The Balaban J connectivity index is 2.47. The third-order valence-electron chi connectivity index (χ3n) is 2.22. The Kier molecular flexibility index (Phi) is 4.91. The van der Waals surface area contributed by atoms with E-state index in [-0.39, 0.29) is 6.04 Å². The van der Waals surface area contributed by atoms with Gasteiger partial charge in [0, 0.05) is 10.5 Å². The predicted molar refractivity (Wildman–Crippen MR) is 65.1 cm³/mol. The average molecular weight is 254 g/mol. The summed E-state index contributed by atoms with van der Waals surface area (Å²) in [6.07, 6.45) is 5.12. The van der Waals surface area contributed by atoms with Crippen molar-refractivity contribution in [2.24, 2.45) is 5.73 Å². The maximum Gasteiger partial charge on any atom is 0.0294 e. The summed E-state index contributed by atoms with van der Waals surface area (Å²) in [6.45, 7) is 3.69. The van der Waals surface area contributed by atoms with Gasteiger partial charge in [-0.05, 0) is 37.0 Å². The lowest BCUT2D eigenvalue weighted by atomic mass is 10.0. The van der Waals surface area contributed by atoms with Crippen molar-refractivity contribution in [3.8, 4) is 0 Å². The Morgan fingerprint density at radius 3 is 2.57 bits per heavy atom. The van der Waals surface area contributed by atoms with Crippen molar-refractivity contribution in [3.05, 3.63) is 47.0 Å². The molecule has 1 aromatic rings. The summed E-state index contributed by atoms with van der Waals surface area (Å²) in [5.41, 5.74) is 7.24. The number of nitrogens with two attached hydrogens (primary N) is 1. The minimum atomic E-state index is 0.156. The molecule has 0 saturated carbocycles. The Labute approximate surface area is 94.1 Å². The van der Waals surface area contributed by atoms with Crippen LogP contribution in [0.25, 0.3) is 0 Å². The Bertz CT molecular complexity index is 279. The molecule has 0 saturated heterocycles. The van der Waals surface area contributed by atoms with E-state index in [0.717, 1.165) is 23.7 Å². The highest BCUT2D eigenvalue weighted by Gasteiger charge is 2.04. The van der Waals surface area contributed by atoms with Crippen molar-refractivity contribution in [2.45, 2.75) is 25.3 Å². The molecular weight excluding hydrogens is 238 g/mol. The van der Waals surface area contributed by atoms with Gasteiger partial charge in [-0.15, -0.1) is 6.58 Å². The number of benzene rings is 1. The highest BCUT2D eigenvalue weighted by atomic mass is 79.9. The van der Waals surface area contributed by atoms with E-state index >= 15 is 0 Å². The van der Waals surface area contributed by atoms with Crippen LogP contribution in [-0.4, -0.2) is 0 Å². The molecule has 1 aromatic carbocycles. The van der Waals surface area contributed by atoms with E-state index in [2.05, 4.69) is 34.6 Å². The fourth-order valence-corrected chi connectivity index (χ4v) is 1.62. The van der Waals surface area contributed by atoms with Gasteiger partial charge >= 0.3 is 0 Å². The van der Waals surface area contributed by atoms with Gasteiger partial charge in [0.1, 0.15) is 0 Å². The van der Waals surface area contributed by atoms with Gasteiger partial charge in [0.05, 0.1) is 0 Å². The van der Waals surface area contributed by atoms with Crippen LogP contribution in [0.3, 0.4) is 0 Å². The molecule has 1 unspecified atom stereocenters. The third kappa shape index (κ3) is 3.64. The highest BCUT2D eigenvalue weighted by Crippen LogP contribution is 2.19. The van der Waals surface area contributed by atoms with Gasteiger partial charge in [-0.1, -0.05) is 34.1 Å². The third-order valence-corrected chi connectivity index (χ3v) is 2.75. The minimum absolute atomic E-state index is 0.156. The van der Waals surface area contributed by atoms with E-state index in [1.165, 1.54) is 5.56 Å². The van der Waals surface area contributed by atoms with Crippen molar-refractivity contribution in [1.29, 1.82) is 0 Å². The standard InChI is InChI=1S/C12H16BrN/c1-2-3-4-5-12(14)10-6-8-11(13)9-7-10/h2,6-9,12H,1,3-5,14H2. The van der Waals surface area contributed by atoms with Crippen LogP contribution in [0.4, 0.5) is 0 Å². The molecule has 0 spiro atoms. The van der Waals surface area contributed by atoms with Crippen molar-refractivity contribution in [2.75, 3.05) is 0 Å². The number of rotatable bonds is 5. The number of unbranched alkanes of at least 4 members (excludes halogenated alkanes) is 1. The van der Waals surface area contributed by atoms with E-state index in [4.69, 9.17) is 5.73 Å². The second-order valence-electron chi connectivity index (χ2n) is 3.38. The van der Waals surface area contributed by atoms with Crippen LogP contribution in [0.15, 0.2) is 41.4 Å². The Morgan fingerprint density at radius 2 is 2.00 bits per heavy atom. The lowest BCUT2D eigenvalue weighted by Gasteiger charge is -2.11. The van der Waals surface area contributed by atoms with Gasteiger partial charge in [0.25, 0.3) is 0 Å². The lowest BCUT2D eigenvalue weighted by Crippen LogP contribution is -2.09. The van der Waals surface area contributed by atoms with Gasteiger partial charge in [-0.25, -0.2) is 0 Å². The molecule has 2 heteroatoms. The molecule has 1 nitrogen and oxygen atoms in total. The molecule has 0 aliphatic carbocycles. The van der Waals surface area contributed by atoms with Crippen LogP contribution in [0, 0.1) is 0 Å². The van der Waals surface area contributed by atoms with Gasteiger partial charge in [0.15, 0.2) is 0 Å². The second-order valence-corrected chi connectivity index (χ2v) is 4.29. The van der Waals surface area contributed by atoms with Crippen LogP contribution >= 0.6 is 15.9 Å². The fourth-order valence-electron chi connectivity index (χ4n) is 1.36. The maximum absolute atomic E-state index is 6.04. The molecule has 76 valence electrons. The second kappa shape index (κ2) is 5.99. The Hall–Kier alpha value is -0.600. The number of halogens is 1. The molecule has 0 aliphatic rings. The van der Waals surface area contributed by atoms with Crippen LogP contribution in [0.2, 0.25) is 0 Å². The SMILES string of the molecule is C=CCCCC(N)c1ccc(Br)cc1. The first-order valence-electron chi connectivity index (χ1n) is 4.86. The topological polar surface area (TPSA) is 26.0 Å². The molecule has 0 aromatic heterocycles. The summed E-state index contributed by atoms with van der Waals surface area (Å²) in [4.78, 5) is 0. The predicted octanol–water partition coefficient (Wildman–Crippen LogP) is 3.81. The minimum Gasteiger partial charge on any atom is -0.324 e. The molecule has 0 heterocycles. The summed E-state index contributed by atoms with van der Waals surface area (Å²) in [6, 6.07) is 8.36. The maximum atomic E-state index is 6.04. The molecule has 1 rings (SSSR count). The van der Waals surface area contributed by atoms with Gasteiger partial charge in [0.2, 0.25) is 0 Å². The van der Waals surface area contributed by atoms with Crippen LogP contribution < -0.4 is 5.73 Å². The summed E-state index contributed by atoms with van der Waals surface area (Å²) in [7, 11) is 0. The molecular formula is C12H16BrN. The van der Waals surface area contributed by atoms with Crippen LogP contribution in [0.1, 0.15) is 30.9 Å². The molecule has 2 N–H and O–H groups in total. The van der Waals surface area contributed by atoms with Crippen molar-refractivity contribution >= 4 is 15.9 Å². The molecule has 1 atom stereocenters. The summed E-state index contributed by atoms with van der Waals surface area (Å²) in [5, 5.41) is 0. The first kappa shape index (κ1) is 11.5. The van der Waals surface area contributed by atoms with Gasteiger partial charge in [-0.2, -0.15) is 0 Å². The lowest BCUT2D eigenvalue weighted by molar-refractivity contribution is 0.617. The molecule has 0 fully saturated rings. The van der Waals surface area contributed by atoms with Crippen molar-refractivity contribution in [1.82, 2.24) is 0 Å². The number of allylic oxidation sites excluding steroid dienone is 1. The van der Waals surface area contributed by atoms with Crippen LogP contribution in [0.5, 0.6) is 0 Å². The molecule has 14 heavy (non-hydrogen) atoms. The summed E-state index contributed by atoms with van der Waals surface area (Å²) < 4.78 is 1.10. The molecule has 0 radical (unpaired) electrons. The van der Waals surface area contributed by atoms with E-state index in [1.54, 1.807) is 0 Å². The first-order chi connectivity index (χ1) is 6.74. The summed E-state index contributed by atoms with van der Waals surface area (Å²) in [5.74, 6) is 0. The van der Waals surface area contributed by atoms with Gasteiger partial charge < -0.3 is 5.73 Å². The van der Waals surface area contributed by atoms with E-state index in [9.17, 15) is 0 Å². The average Bonchev–Trinajstić information content (AvgIpc) is 2.19. The largest absolute Gasteiger partial charge is 0.324 e. The number of hydrogen-bond acceptors (Lipinski definition) is 1. The molecule has 0 aliphatic heterocycles. The van der Waals surface area contributed by atoms with Gasteiger partial charge in [-0.3, -0.25) is 0 Å². The normalized spacial score (nSPS) is 12.4. The summed E-state index contributed by atoms with van der Waals surface area (Å²) >= 11 is 3.40. The molecule has 0 bridgehead atoms. The van der Waals surface area contributed by atoms with E-state index in [0.29, 0.717) is 0 Å². The highest BCUT2D eigenvalue weighted by molar-refractivity contribution is 9.10. The number of hydrogen-bond donors (Lipinski definition) is 1. The van der Waals surface area contributed by atoms with Crippen molar-refractivity contribution < 1.29 is 0 Å². The zero-order chi connectivity index (χ0) is 10.4. The zero-order valence-corrected chi connectivity index (χ0v) is 9.83. The van der Waals surface area contributed by atoms with Crippen LogP contribution in [-0.2, 0) is 0 Å². The van der Waals surface area contributed by atoms with Crippen molar-refractivity contribution in [3.63, 3.8) is 0 Å².